The van der Waals surface area contributed by atoms with E-state index in [4.69, 9.17) is 0 Å². The van der Waals surface area contributed by atoms with Crippen molar-refractivity contribution in [1.29, 1.82) is 5.26 Å². The average Bonchev–Trinajstić information content (AvgIpc) is 2.48. The summed E-state index contributed by atoms with van der Waals surface area (Å²) in [7, 11) is 0. The zero-order valence-electron chi connectivity index (χ0n) is 11.9. The number of aromatic nitrogens is 3. The molecular weight excluding hydrogens is 250 g/mol. The number of aryl methyl sites for hydroxylation is 2. The first kappa shape index (κ1) is 13.9. The first-order chi connectivity index (χ1) is 9.71. The largest absolute Gasteiger partial charge is 0.336 e. The average molecular weight is 267 g/mol. The van der Waals surface area contributed by atoms with E-state index in [9.17, 15) is 5.26 Å². The van der Waals surface area contributed by atoms with Crippen molar-refractivity contribution in [2.75, 3.05) is 5.32 Å². The first-order valence-corrected chi connectivity index (χ1v) is 6.68. The molecular formula is C15H17N5. The molecule has 2 heterocycles. The minimum absolute atomic E-state index is 0.498. The predicted molar refractivity (Wildman–Crippen MR) is 77.8 cm³/mol. The molecule has 2 rings (SSSR count). The summed E-state index contributed by atoms with van der Waals surface area (Å²) in [6, 6.07) is 5.99. The lowest BCUT2D eigenvalue weighted by Crippen LogP contribution is -2.08. The van der Waals surface area contributed by atoms with Crippen LogP contribution in [0.4, 0.5) is 11.5 Å². The Kier molecular flexibility index (Phi) is 4.26. The van der Waals surface area contributed by atoms with E-state index in [1.807, 2.05) is 32.9 Å². The number of nitriles is 1. The molecule has 0 aromatic carbocycles. The van der Waals surface area contributed by atoms with Crippen molar-refractivity contribution in [2.24, 2.45) is 0 Å². The quantitative estimate of drug-likeness (QED) is 0.921. The third-order valence-corrected chi connectivity index (χ3v) is 3.22. The molecule has 0 saturated carbocycles. The van der Waals surface area contributed by atoms with Crippen LogP contribution in [0.1, 0.15) is 36.4 Å². The molecule has 0 radical (unpaired) electrons. The van der Waals surface area contributed by atoms with E-state index in [2.05, 4.69) is 26.6 Å². The van der Waals surface area contributed by atoms with E-state index < -0.39 is 0 Å². The van der Waals surface area contributed by atoms with E-state index >= 15 is 0 Å². The second-order valence-corrected chi connectivity index (χ2v) is 4.43. The van der Waals surface area contributed by atoms with Crippen molar-refractivity contribution in [3.63, 3.8) is 0 Å². The van der Waals surface area contributed by atoms with Gasteiger partial charge in [0.2, 0.25) is 0 Å². The number of hydrogen-bond donors (Lipinski definition) is 1. The van der Waals surface area contributed by atoms with Gasteiger partial charge in [0.15, 0.2) is 5.82 Å². The van der Waals surface area contributed by atoms with Crippen molar-refractivity contribution in [3.05, 3.63) is 40.8 Å². The lowest BCUT2D eigenvalue weighted by Gasteiger charge is -2.12. The van der Waals surface area contributed by atoms with Gasteiger partial charge in [-0.25, -0.2) is 0 Å². The van der Waals surface area contributed by atoms with Crippen LogP contribution in [0.2, 0.25) is 0 Å². The molecule has 0 unspecified atom stereocenters. The number of nitrogens with zero attached hydrogens (tertiary/aromatic N) is 4. The zero-order valence-corrected chi connectivity index (χ0v) is 11.9. The lowest BCUT2D eigenvalue weighted by molar-refractivity contribution is 0.877. The maximum absolute atomic E-state index is 9.42. The third-order valence-electron chi connectivity index (χ3n) is 3.22. The van der Waals surface area contributed by atoms with Crippen LogP contribution in [0.15, 0.2) is 18.3 Å². The van der Waals surface area contributed by atoms with Crippen molar-refractivity contribution in [1.82, 2.24) is 15.2 Å². The fourth-order valence-corrected chi connectivity index (χ4v) is 2.12. The van der Waals surface area contributed by atoms with Gasteiger partial charge in [0, 0.05) is 6.20 Å². The summed E-state index contributed by atoms with van der Waals surface area (Å²) in [5, 5.41) is 21.0. The third kappa shape index (κ3) is 2.59. The SMILES string of the molecule is CCc1nnc(Nc2cccnc2C)c(C#N)c1CC. The van der Waals surface area contributed by atoms with E-state index in [0.717, 1.165) is 35.5 Å². The molecule has 0 atom stereocenters. The van der Waals surface area contributed by atoms with Gasteiger partial charge >= 0.3 is 0 Å². The summed E-state index contributed by atoms with van der Waals surface area (Å²) >= 11 is 0. The first-order valence-electron chi connectivity index (χ1n) is 6.68. The highest BCUT2D eigenvalue weighted by atomic mass is 15.2. The standard InChI is InChI=1S/C15H17N5/c1-4-11-12(9-16)15(20-19-13(11)5-2)18-14-7-6-8-17-10(14)3/h6-8H,4-5H2,1-3H3,(H,18,20). The molecule has 0 aliphatic carbocycles. The number of rotatable bonds is 4. The Labute approximate surface area is 118 Å². The Morgan fingerprint density at radius 1 is 1.25 bits per heavy atom. The van der Waals surface area contributed by atoms with Crippen molar-refractivity contribution in [3.8, 4) is 6.07 Å². The van der Waals surface area contributed by atoms with Gasteiger partial charge in [0.05, 0.1) is 17.1 Å². The number of anilines is 2. The van der Waals surface area contributed by atoms with Crippen LogP contribution in [0, 0.1) is 18.3 Å². The van der Waals surface area contributed by atoms with Crippen LogP contribution in [0.3, 0.4) is 0 Å². The van der Waals surface area contributed by atoms with E-state index in [1.165, 1.54) is 0 Å². The van der Waals surface area contributed by atoms with Crippen molar-refractivity contribution in [2.45, 2.75) is 33.6 Å². The van der Waals surface area contributed by atoms with E-state index in [0.29, 0.717) is 11.4 Å². The number of pyridine rings is 1. The highest BCUT2D eigenvalue weighted by Crippen LogP contribution is 2.24. The van der Waals surface area contributed by atoms with Gasteiger partial charge in [-0.2, -0.15) is 10.4 Å². The van der Waals surface area contributed by atoms with Gasteiger partial charge in [0.25, 0.3) is 0 Å². The van der Waals surface area contributed by atoms with Crippen LogP contribution in [0.5, 0.6) is 0 Å². The Bertz CT molecular complexity index is 658. The highest BCUT2D eigenvalue weighted by Gasteiger charge is 2.14. The van der Waals surface area contributed by atoms with Gasteiger partial charge in [-0.3, -0.25) is 4.98 Å². The van der Waals surface area contributed by atoms with Gasteiger partial charge in [-0.15, -0.1) is 5.10 Å². The second kappa shape index (κ2) is 6.11. The van der Waals surface area contributed by atoms with Crippen LogP contribution in [-0.4, -0.2) is 15.2 Å². The molecule has 1 N–H and O–H groups in total. The predicted octanol–water partition coefficient (Wildman–Crippen LogP) is 2.92. The second-order valence-electron chi connectivity index (χ2n) is 4.43. The normalized spacial score (nSPS) is 10.1. The fraction of sp³-hybridized carbons (Fsp3) is 0.333. The van der Waals surface area contributed by atoms with Crippen LogP contribution in [-0.2, 0) is 12.8 Å². The summed E-state index contributed by atoms with van der Waals surface area (Å²) in [6.45, 7) is 5.95. The minimum Gasteiger partial charge on any atom is -0.336 e. The van der Waals surface area contributed by atoms with Gasteiger partial charge in [0.1, 0.15) is 11.6 Å². The summed E-state index contributed by atoms with van der Waals surface area (Å²) in [5.41, 5.74) is 4.12. The highest BCUT2D eigenvalue weighted by molar-refractivity contribution is 5.65. The smallest absolute Gasteiger partial charge is 0.171 e. The van der Waals surface area contributed by atoms with Crippen LogP contribution >= 0.6 is 0 Å². The molecule has 0 saturated heterocycles. The van der Waals surface area contributed by atoms with Crippen LogP contribution in [0.25, 0.3) is 0 Å². The molecule has 0 aliphatic rings. The van der Waals surface area contributed by atoms with E-state index in [1.54, 1.807) is 6.20 Å². The summed E-state index contributed by atoms with van der Waals surface area (Å²) < 4.78 is 0. The monoisotopic (exact) mass is 267 g/mol. The van der Waals surface area contributed by atoms with Gasteiger partial charge in [-0.05, 0) is 37.5 Å². The lowest BCUT2D eigenvalue weighted by atomic mass is 10.0. The van der Waals surface area contributed by atoms with E-state index in [-0.39, 0.29) is 0 Å². The maximum Gasteiger partial charge on any atom is 0.171 e. The molecule has 5 nitrogen and oxygen atoms in total. The molecule has 102 valence electrons. The Balaban J connectivity index is 2.48. The zero-order chi connectivity index (χ0) is 14.5. The maximum atomic E-state index is 9.42. The summed E-state index contributed by atoms with van der Waals surface area (Å²) in [6.07, 6.45) is 3.27. The molecule has 2 aromatic rings. The number of nitrogens with one attached hydrogen (secondary N) is 1. The topological polar surface area (TPSA) is 74.5 Å². The fourth-order valence-electron chi connectivity index (χ4n) is 2.12. The molecule has 0 spiro atoms. The molecule has 0 fully saturated rings. The van der Waals surface area contributed by atoms with Crippen molar-refractivity contribution < 1.29 is 0 Å². The molecule has 20 heavy (non-hydrogen) atoms. The molecule has 2 aromatic heterocycles. The molecule has 5 heteroatoms. The minimum atomic E-state index is 0.498. The Hall–Kier alpha value is -2.48. The molecule has 0 amide bonds. The van der Waals surface area contributed by atoms with Crippen molar-refractivity contribution >= 4 is 11.5 Å². The summed E-state index contributed by atoms with van der Waals surface area (Å²) in [4.78, 5) is 4.21. The molecule has 0 bridgehead atoms. The molecule has 0 aliphatic heterocycles. The van der Waals surface area contributed by atoms with Gasteiger partial charge in [-0.1, -0.05) is 13.8 Å². The van der Waals surface area contributed by atoms with Gasteiger partial charge < -0.3 is 5.32 Å². The van der Waals surface area contributed by atoms with Crippen LogP contribution < -0.4 is 5.32 Å². The Morgan fingerprint density at radius 3 is 2.65 bits per heavy atom. The summed E-state index contributed by atoms with van der Waals surface area (Å²) in [5.74, 6) is 0.498. The Morgan fingerprint density at radius 2 is 2.05 bits per heavy atom. The number of hydrogen-bond acceptors (Lipinski definition) is 5.